The fourth-order valence-corrected chi connectivity index (χ4v) is 2.19. The van der Waals surface area contributed by atoms with E-state index in [4.69, 9.17) is 11.6 Å². The molecule has 0 aliphatic carbocycles. The summed E-state index contributed by atoms with van der Waals surface area (Å²) in [6.45, 7) is 6.51. The highest BCUT2D eigenvalue weighted by Gasteiger charge is 2.35. The van der Waals surface area contributed by atoms with Crippen molar-refractivity contribution in [2.75, 3.05) is 18.5 Å². The zero-order valence-electron chi connectivity index (χ0n) is 11.6. The SMILES string of the molecule is CN(CC(C)(C)C)c1ccc(CCl)cc1C(F)(F)F. The van der Waals surface area contributed by atoms with Crippen LogP contribution in [0, 0.1) is 5.41 Å². The average Bonchev–Trinajstić information content (AvgIpc) is 2.24. The summed E-state index contributed by atoms with van der Waals surface area (Å²) in [6, 6.07) is 4.25. The van der Waals surface area contributed by atoms with Crippen LogP contribution in [0.15, 0.2) is 18.2 Å². The van der Waals surface area contributed by atoms with Crippen LogP contribution in [0.1, 0.15) is 31.9 Å². The van der Waals surface area contributed by atoms with Crippen LogP contribution in [-0.2, 0) is 12.1 Å². The molecular formula is C14H19ClF3N. The van der Waals surface area contributed by atoms with Crippen LogP contribution >= 0.6 is 11.6 Å². The summed E-state index contributed by atoms with van der Waals surface area (Å²) in [7, 11) is 1.68. The standard InChI is InChI=1S/C14H19ClF3N/c1-13(2,3)9-19(4)12-6-5-10(8-15)7-11(12)14(16,17)18/h5-7H,8-9H2,1-4H3. The first-order valence-electron chi connectivity index (χ1n) is 6.02. The Kier molecular flexibility index (Phi) is 4.77. The molecule has 1 aromatic carbocycles. The first-order valence-corrected chi connectivity index (χ1v) is 6.55. The summed E-state index contributed by atoms with van der Waals surface area (Å²) in [4.78, 5) is 1.64. The van der Waals surface area contributed by atoms with Crippen molar-refractivity contribution in [1.82, 2.24) is 0 Å². The van der Waals surface area contributed by atoms with Gasteiger partial charge in [-0.05, 0) is 23.1 Å². The lowest BCUT2D eigenvalue weighted by atomic mass is 9.95. The Morgan fingerprint density at radius 1 is 1.16 bits per heavy atom. The van der Waals surface area contributed by atoms with Gasteiger partial charge in [0.05, 0.1) is 5.56 Å². The number of anilines is 1. The van der Waals surface area contributed by atoms with Crippen molar-refractivity contribution >= 4 is 17.3 Å². The van der Waals surface area contributed by atoms with Crippen LogP contribution in [0.5, 0.6) is 0 Å². The van der Waals surface area contributed by atoms with E-state index in [0.29, 0.717) is 12.1 Å². The minimum Gasteiger partial charge on any atom is -0.374 e. The summed E-state index contributed by atoms with van der Waals surface area (Å²) < 4.78 is 39.3. The van der Waals surface area contributed by atoms with E-state index in [-0.39, 0.29) is 17.0 Å². The molecule has 0 saturated heterocycles. The molecule has 1 nitrogen and oxygen atoms in total. The van der Waals surface area contributed by atoms with Gasteiger partial charge in [0.15, 0.2) is 0 Å². The fraction of sp³-hybridized carbons (Fsp3) is 0.571. The van der Waals surface area contributed by atoms with Gasteiger partial charge in [0, 0.05) is 25.2 Å². The number of alkyl halides is 4. The number of nitrogens with zero attached hydrogens (tertiary/aromatic N) is 1. The monoisotopic (exact) mass is 293 g/mol. The summed E-state index contributed by atoms with van der Waals surface area (Å²) in [5, 5.41) is 0. The van der Waals surface area contributed by atoms with Crippen molar-refractivity contribution in [2.45, 2.75) is 32.8 Å². The second-order valence-corrected chi connectivity index (χ2v) is 6.17. The fourth-order valence-electron chi connectivity index (χ4n) is 2.02. The summed E-state index contributed by atoms with van der Waals surface area (Å²) in [6.07, 6.45) is -4.37. The molecule has 0 fully saturated rings. The Bertz CT molecular complexity index is 435. The van der Waals surface area contributed by atoms with E-state index in [9.17, 15) is 13.2 Å². The lowest BCUT2D eigenvalue weighted by Gasteiger charge is -2.30. The number of hydrogen-bond donors (Lipinski definition) is 0. The Labute approximate surface area is 117 Å². The Morgan fingerprint density at radius 2 is 1.74 bits per heavy atom. The smallest absolute Gasteiger partial charge is 0.374 e. The van der Waals surface area contributed by atoms with E-state index < -0.39 is 11.7 Å². The van der Waals surface area contributed by atoms with Gasteiger partial charge in [0.2, 0.25) is 0 Å². The molecule has 0 aromatic heterocycles. The molecular weight excluding hydrogens is 275 g/mol. The Hall–Kier alpha value is -0.900. The molecule has 0 heterocycles. The van der Waals surface area contributed by atoms with Crippen molar-refractivity contribution in [3.05, 3.63) is 29.3 Å². The molecule has 5 heteroatoms. The predicted molar refractivity (Wildman–Crippen MR) is 73.7 cm³/mol. The molecule has 0 spiro atoms. The lowest BCUT2D eigenvalue weighted by molar-refractivity contribution is -0.137. The van der Waals surface area contributed by atoms with Crippen molar-refractivity contribution in [2.24, 2.45) is 5.41 Å². The van der Waals surface area contributed by atoms with Gasteiger partial charge in [0.25, 0.3) is 0 Å². The molecule has 0 N–H and O–H groups in total. The third-order valence-electron chi connectivity index (χ3n) is 2.64. The molecule has 0 atom stereocenters. The topological polar surface area (TPSA) is 3.24 Å². The van der Waals surface area contributed by atoms with Crippen LogP contribution < -0.4 is 4.90 Å². The third-order valence-corrected chi connectivity index (χ3v) is 2.95. The maximum absolute atomic E-state index is 13.1. The van der Waals surface area contributed by atoms with E-state index in [1.54, 1.807) is 18.0 Å². The molecule has 0 bridgehead atoms. The molecule has 0 unspecified atom stereocenters. The number of benzene rings is 1. The van der Waals surface area contributed by atoms with E-state index in [1.165, 1.54) is 6.07 Å². The second-order valence-electron chi connectivity index (χ2n) is 5.90. The molecule has 108 valence electrons. The molecule has 0 radical (unpaired) electrons. The summed E-state index contributed by atoms with van der Waals surface area (Å²) >= 11 is 5.61. The number of hydrogen-bond acceptors (Lipinski definition) is 1. The van der Waals surface area contributed by atoms with Crippen LogP contribution in [0.2, 0.25) is 0 Å². The quantitative estimate of drug-likeness (QED) is 0.715. The highest BCUT2D eigenvalue weighted by Crippen LogP contribution is 2.37. The minimum absolute atomic E-state index is 0.0757. The Morgan fingerprint density at radius 3 is 2.16 bits per heavy atom. The third kappa shape index (κ3) is 4.60. The van der Waals surface area contributed by atoms with Gasteiger partial charge in [-0.15, -0.1) is 11.6 Å². The van der Waals surface area contributed by atoms with Crippen LogP contribution in [0.25, 0.3) is 0 Å². The van der Waals surface area contributed by atoms with Crippen molar-refractivity contribution in [3.63, 3.8) is 0 Å². The Balaban J connectivity index is 3.20. The maximum Gasteiger partial charge on any atom is 0.418 e. The second kappa shape index (κ2) is 5.61. The maximum atomic E-state index is 13.1. The van der Waals surface area contributed by atoms with Crippen LogP contribution in [0.4, 0.5) is 18.9 Å². The van der Waals surface area contributed by atoms with Crippen LogP contribution in [-0.4, -0.2) is 13.6 Å². The molecule has 0 aliphatic rings. The van der Waals surface area contributed by atoms with Gasteiger partial charge < -0.3 is 4.90 Å². The zero-order chi connectivity index (χ0) is 14.8. The van der Waals surface area contributed by atoms with Crippen molar-refractivity contribution in [3.8, 4) is 0 Å². The van der Waals surface area contributed by atoms with Crippen molar-refractivity contribution < 1.29 is 13.2 Å². The normalized spacial score (nSPS) is 12.6. The first kappa shape index (κ1) is 16.2. The van der Waals surface area contributed by atoms with Gasteiger partial charge in [-0.2, -0.15) is 13.2 Å². The number of rotatable bonds is 3. The zero-order valence-corrected chi connectivity index (χ0v) is 12.4. The predicted octanol–water partition coefficient (Wildman–Crippen LogP) is 4.93. The highest BCUT2D eigenvalue weighted by atomic mass is 35.5. The highest BCUT2D eigenvalue weighted by molar-refractivity contribution is 6.17. The van der Waals surface area contributed by atoms with E-state index in [1.807, 2.05) is 20.8 Å². The molecule has 0 aliphatic heterocycles. The van der Waals surface area contributed by atoms with Gasteiger partial charge >= 0.3 is 6.18 Å². The van der Waals surface area contributed by atoms with Crippen molar-refractivity contribution in [1.29, 1.82) is 0 Å². The van der Waals surface area contributed by atoms with Gasteiger partial charge in [-0.3, -0.25) is 0 Å². The average molecular weight is 294 g/mol. The summed E-state index contributed by atoms with van der Waals surface area (Å²) in [5.74, 6) is 0.0757. The minimum atomic E-state index is -4.37. The van der Waals surface area contributed by atoms with E-state index >= 15 is 0 Å². The summed E-state index contributed by atoms with van der Waals surface area (Å²) in [5.41, 5.74) is -0.0430. The molecule has 0 saturated carbocycles. The molecule has 1 rings (SSSR count). The van der Waals surface area contributed by atoms with Gasteiger partial charge in [-0.25, -0.2) is 0 Å². The first-order chi connectivity index (χ1) is 8.54. The van der Waals surface area contributed by atoms with Gasteiger partial charge in [-0.1, -0.05) is 26.8 Å². The lowest BCUT2D eigenvalue weighted by Crippen LogP contribution is -2.30. The largest absolute Gasteiger partial charge is 0.418 e. The van der Waals surface area contributed by atoms with Gasteiger partial charge in [0.1, 0.15) is 0 Å². The number of halogens is 4. The molecule has 1 aromatic rings. The molecule has 0 amide bonds. The van der Waals surface area contributed by atoms with Crippen LogP contribution in [0.3, 0.4) is 0 Å². The molecule has 19 heavy (non-hydrogen) atoms. The van der Waals surface area contributed by atoms with E-state index in [2.05, 4.69) is 0 Å². The van der Waals surface area contributed by atoms with E-state index in [0.717, 1.165) is 6.07 Å².